The molecule has 0 atom stereocenters. The third-order valence-corrected chi connectivity index (χ3v) is 4.22. The molecule has 0 aliphatic carbocycles. The fraction of sp³-hybridized carbons (Fsp3) is 0.188. The average Bonchev–Trinajstić information content (AvgIpc) is 2.48. The Morgan fingerprint density at radius 3 is 2.50 bits per heavy atom. The Bertz CT molecular complexity index is 674. The number of rotatable bonds is 6. The van der Waals surface area contributed by atoms with Crippen LogP contribution in [0.4, 0.5) is 0 Å². The maximum atomic E-state index is 11.4. The minimum absolute atomic E-state index is 0.406. The van der Waals surface area contributed by atoms with Gasteiger partial charge in [0.2, 0.25) is 5.91 Å². The minimum Gasteiger partial charge on any atom is -0.490 e. The SMILES string of the molecule is CCOc1cc(C(N)=O)cc(I)c1OCc1ccc(Br)cc1. The molecule has 0 unspecified atom stereocenters. The van der Waals surface area contributed by atoms with Gasteiger partial charge >= 0.3 is 0 Å². The zero-order valence-corrected chi connectivity index (χ0v) is 15.7. The molecular formula is C16H15BrINO3. The average molecular weight is 476 g/mol. The molecular weight excluding hydrogens is 461 g/mol. The first kappa shape index (κ1) is 17.1. The second-order valence-electron chi connectivity index (χ2n) is 4.50. The molecule has 2 aromatic carbocycles. The van der Waals surface area contributed by atoms with E-state index >= 15 is 0 Å². The Hall–Kier alpha value is -1.28. The Labute approximate surface area is 151 Å². The highest BCUT2D eigenvalue weighted by molar-refractivity contribution is 14.1. The molecule has 2 rings (SSSR count). The smallest absolute Gasteiger partial charge is 0.248 e. The zero-order chi connectivity index (χ0) is 16.1. The number of primary amides is 1. The molecule has 0 radical (unpaired) electrons. The Balaban J connectivity index is 2.25. The van der Waals surface area contributed by atoms with Crippen LogP contribution in [0, 0.1) is 3.57 Å². The summed E-state index contributed by atoms with van der Waals surface area (Å²) >= 11 is 5.51. The lowest BCUT2D eigenvalue weighted by atomic mass is 10.2. The number of carbonyl (C=O) groups excluding carboxylic acids is 1. The maximum Gasteiger partial charge on any atom is 0.248 e. The summed E-state index contributed by atoms with van der Waals surface area (Å²) in [6.07, 6.45) is 0. The van der Waals surface area contributed by atoms with Crippen molar-refractivity contribution in [3.63, 3.8) is 0 Å². The fourth-order valence-electron chi connectivity index (χ4n) is 1.85. The highest BCUT2D eigenvalue weighted by Gasteiger charge is 2.14. The van der Waals surface area contributed by atoms with E-state index in [0.717, 1.165) is 13.6 Å². The lowest BCUT2D eigenvalue weighted by Crippen LogP contribution is -2.12. The standard InChI is InChI=1S/C16H15BrINO3/c1-2-21-14-8-11(16(19)20)7-13(18)15(14)22-9-10-3-5-12(17)6-4-10/h3-8H,2,9H2,1H3,(H2,19,20). The number of amides is 1. The maximum absolute atomic E-state index is 11.4. The van der Waals surface area contributed by atoms with E-state index in [2.05, 4.69) is 38.5 Å². The summed E-state index contributed by atoms with van der Waals surface area (Å²) in [6.45, 7) is 2.77. The van der Waals surface area contributed by atoms with Gasteiger partial charge in [-0.3, -0.25) is 4.79 Å². The topological polar surface area (TPSA) is 61.5 Å². The molecule has 0 aliphatic heterocycles. The van der Waals surface area contributed by atoms with Crippen molar-refractivity contribution in [1.82, 2.24) is 0 Å². The van der Waals surface area contributed by atoms with Crippen molar-refractivity contribution in [2.45, 2.75) is 13.5 Å². The molecule has 0 saturated heterocycles. The molecule has 0 aliphatic rings. The fourth-order valence-corrected chi connectivity index (χ4v) is 2.87. The number of ether oxygens (including phenoxy) is 2. The summed E-state index contributed by atoms with van der Waals surface area (Å²) in [6, 6.07) is 11.2. The van der Waals surface area contributed by atoms with Gasteiger partial charge in [-0.15, -0.1) is 0 Å². The van der Waals surface area contributed by atoms with Crippen LogP contribution in [0.2, 0.25) is 0 Å². The lowest BCUT2D eigenvalue weighted by Gasteiger charge is -2.15. The monoisotopic (exact) mass is 475 g/mol. The van der Waals surface area contributed by atoms with Crippen molar-refractivity contribution in [2.24, 2.45) is 5.73 Å². The van der Waals surface area contributed by atoms with E-state index in [1.165, 1.54) is 0 Å². The van der Waals surface area contributed by atoms with Gasteiger partial charge in [0.15, 0.2) is 11.5 Å². The second-order valence-corrected chi connectivity index (χ2v) is 6.58. The highest BCUT2D eigenvalue weighted by Crippen LogP contribution is 2.34. The summed E-state index contributed by atoms with van der Waals surface area (Å²) in [7, 11) is 0. The predicted molar refractivity (Wildman–Crippen MR) is 97.3 cm³/mol. The molecule has 6 heteroatoms. The Kier molecular flexibility index (Phi) is 6.07. The molecule has 2 aromatic rings. The second kappa shape index (κ2) is 7.82. The van der Waals surface area contributed by atoms with Gasteiger partial charge in [0.05, 0.1) is 10.2 Å². The van der Waals surface area contributed by atoms with Crippen molar-refractivity contribution < 1.29 is 14.3 Å². The van der Waals surface area contributed by atoms with Crippen LogP contribution in [-0.4, -0.2) is 12.5 Å². The van der Waals surface area contributed by atoms with Crippen LogP contribution in [0.15, 0.2) is 40.9 Å². The number of halogens is 2. The third kappa shape index (κ3) is 4.36. The summed E-state index contributed by atoms with van der Waals surface area (Å²) < 4.78 is 13.3. The molecule has 2 N–H and O–H groups in total. The molecule has 1 amide bonds. The van der Waals surface area contributed by atoms with Crippen LogP contribution in [0.1, 0.15) is 22.8 Å². The lowest BCUT2D eigenvalue weighted by molar-refractivity contribution is 0.0999. The molecule has 0 saturated carbocycles. The predicted octanol–water partition coefficient (Wildman–Crippen LogP) is 4.13. The van der Waals surface area contributed by atoms with Gasteiger partial charge in [0.25, 0.3) is 0 Å². The van der Waals surface area contributed by atoms with E-state index in [-0.39, 0.29) is 0 Å². The molecule has 0 fully saturated rings. The van der Waals surface area contributed by atoms with Gasteiger partial charge < -0.3 is 15.2 Å². The van der Waals surface area contributed by atoms with Crippen LogP contribution in [0.25, 0.3) is 0 Å². The summed E-state index contributed by atoms with van der Waals surface area (Å²) in [5.74, 6) is 0.661. The van der Waals surface area contributed by atoms with E-state index in [0.29, 0.717) is 30.3 Å². The quantitative estimate of drug-likeness (QED) is 0.639. The van der Waals surface area contributed by atoms with Crippen LogP contribution in [-0.2, 0) is 6.61 Å². The van der Waals surface area contributed by atoms with Crippen molar-refractivity contribution in [1.29, 1.82) is 0 Å². The number of hydrogen-bond acceptors (Lipinski definition) is 3. The first-order valence-corrected chi connectivity index (χ1v) is 8.51. The normalized spacial score (nSPS) is 10.3. The summed E-state index contributed by atoms with van der Waals surface area (Å²) in [5, 5.41) is 0. The van der Waals surface area contributed by atoms with Crippen molar-refractivity contribution >= 4 is 44.4 Å². The van der Waals surface area contributed by atoms with E-state index in [1.807, 2.05) is 31.2 Å². The molecule has 0 bridgehead atoms. The van der Waals surface area contributed by atoms with Gasteiger partial charge in [0.1, 0.15) is 6.61 Å². The first-order chi connectivity index (χ1) is 10.5. The van der Waals surface area contributed by atoms with Crippen LogP contribution in [0.5, 0.6) is 11.5 Å². The molecule has 0 spiro atoms. The van der Waals surface area contributed by atoms with E-state index < -0.39 is 5.91 Å². The van der Waals surface area contributed by atoms with Crippen molar-refractivity contribution in [3.05, 3.63) is 55.6 Å². The molecule has 4 nitrogen and oxygen atoms in total. The van der Waals surface area contributed by atoms with E-state index in [9.17, 15) is 4.79 Å². The third-order valence-electron chi connectivity index (χ3n) is 2.89. The van der Waals surface area contributed by atoms with Gasteiger partial charge in [-0.1, -0.05) is 28.1 Å². The van der Waals surface area contributed by atoms with Crippen molar-refractivity contribution in [2.75, 3.05) is 6.61 Å². The van der Waals surface area contributed by atoms with Gasteiger partial charge in [-0.05, 0) is 59.3 Å². The molecule has 116 valence electrons. The van der Waals surface area contributed by atoms with Crippen LogP contribution in [0.3, 0.4) is 0 Å². The largest absolute Gasteiger partial charge is 0.490 e. The van der Waals surface area contributed by atoms with Crippen LogP contribution >= 0.6 is 38.5 Å². The molecule has 0 heterocycles. The summed E-state index contributed by atoms with van der Waals surface area (Å²) in [4.78, 5) is 11.4. The zero-order valence-electron chi connectivity index (χ0n) is 11.9. The van der Waals surface area contributed by atoms with E-state index in [1.54, 1.807) is 12.1 Å². The number of hydrogen-bond donors (Lipinski definition) is 1. The first-order valence-electron chi connectivity index (χ1n) is 6.64. The van der Waals surface area contributed by atoms with Crippen LogP contribution < -0.4 is 15.2 Å². The minimum atomic E-state index is -0.488. The molecule has 22 heavy (non-hydrogen) atoms. The Morgan fingerprint density at radius 1 is 1.23 bits per heavy atom. The van der Waals surface area contributed by atoms with Gasteiger partial charge in [-0.2, -0.15) is 0 Å². The van der Waals surface area contributed by atoms with Gasteiger partial charge in [0, 0.05) is 10.0 Å². The van der Waals surface area contributed by atoms with E-state index in [4.69, 9.17) is 15.2 Å². The summed E-state index contributed by atoms with van der Waals surface area (Å²) in [5.41, 5.74) is 6.78. The number of benzene rings is 2. The van der Waals surface area contributed by atoms with Crippen molar-refractivity contribution in [3.8, 4) is 11.5 Å². The van der Waals surface area contributed by atoms with Gasteiger partial charge in [-0.25, -0.2) is 0 Å². The number of carbonyl (C=O) groups is 1. The highest BCUT2D eigenvalue weighted by atomic mass is 127. The number of nitrogens with two attached hydrogens (primary N) is 1. The molecule has 0 aromatic heterocycles. The Morgan fingerprint density at radius 2 is 1.91 bits per heavy atom.